The number of rotatable bonds is 4. The predicted molar refractivity (Wildman–Crippen MR) is 119 cm³/mol. The van der Waals surface area contributed by atoms with Gasteiger partial charge in [0.05, 0.1) is 54.0 Å². The topological polar surface area (TPSA) is 118 Å². The van der Waals surface area contributed by atoms with Crippen molar-refractivity contribution in [2.75, 3.05) is 20.8 Å². The van der Waals surface area contributed by atoms with E-state index in [9.17, 15) is 24.3 Å². The van der Waals surface area contributed by atoms with Crippen molar-refractivity contribution in [3.8, 4) is 17.5 Å². The van der Waals surface area contributed by atoms with Crippen LogP contribution in [0, 0.1) is 17.1 Å². The lowest BCUT2D eigenvalue weighted by Gasteiger charge is -2.24. The van der Waals surface area contributed by atoms with E-state index < -0.39 is 29.6 Å². The van der Waals surface area contributed by atoms with E-state index in [0.717, 1.165) is 11.0 Å². The summed E-state index contributed by atoms with van der Waals surface area (Å²) in [6.07, 6.45) is -1.34. The molecular formula is C22H18BrFN4O5. The Morgan fingerprint density at radius 3 is 2.70 bits per heavy atom. The molecule has 33 heavy (non-hydrogen) atoms. The van der Waals surface area contributed by atoms with Crippen molar-refractivity contribution in [2.24, 2.45) is 0 Å². The number of hydrogen-bond acceptors (Lipinski definition) is 6. The van der Waals surface area contributed by atoms with Crippen LogP contribution in [-0.2, 0) is 4.74 Å². The van der Waals surface area contributed by atoms with E-state index in [1.807, 2.05) is 6.07 Å². The fraction of sp³-hybridized carbons (Fsp3) is 0.273. The lowest BCUT2D eigenvalue weighted by molar-refractivity contribution is 0.102. The average Bonchev–Trinajstić information content (AvgIpc) is 3.24. The van der Waals surface area contributed by atoms with Crippen LogP contribution in [0.5, 0.6) is 5.75 Å². The molecule has 1 aliphatic heterocycles. The zero-order valence-electron chi connectivity index (χ0n) is 17.6. The first kappa shape index (κ1) is 22.7. The van der Waals surface area contributed by atoms with Crippen LogP contribution >= 0.6 is 15.9 Å². The van der Waals surface area contributed by atoms with Crippen LogP contribution in [-0.4, -0.2) is 52.5 Å². The largest absolute Gasteiger partial charge is 0.494 e. The summed E-state index contributed by atoms with van der Waals surface area (Å²) in [5.74, 6) is -0.593. The molecule has 170 valence electrons. The Kier molecular flexibility index (Phi) is 6.05. The third kappa shape index (κ3) is 3.92. The molecule has 2 aromatic carbocycles. The Labute approximate surface area is 195 Å². The van der Waals surface area contributed by atoms with E-state index in [0.29, 0.717) is 4.47 Å². The Morgan fingerprint density at radius 1 is 1.33 bits per heavy atom. The lowest BCUT2D eigenvalue weighted by atomic mass is 10.1. The van der Waals surface area contributed by atoms with Crippen molar-refractivity contribution in [1.82, 2.24) is 14.5 Å². The second-order valence-corrected chi connectivity index (χ2v) is 8.29. The number of methoxy groups -OCH3 is 2. The van der Waals surface area contributed by atoms with Gasteiger partial charge in [0.25, 0.3) is 5.56 Å². The Balaban J connectivity index is 2.06. The standard InChI is InChI=1S/C22H18BrFN4O5/c1-32-13-8-17(27(10-13)22(30)31)20-26-19-14(5-11(9-25)6-15(19)23)21(29)28(20)12-3-4-18(33-2)16(24)7-12/h3-7,13,17H,8,10H2,1-2H3,(H,30,31)/t13-,17?/m1/s1. The second-order valence-electron chi connectivity index (χ2n) is 7.44. The van der Waals surface area contributed by atoms with Crippen LogP contribution in [0.3, 0.4) is 0 Å². The van der Waals surface area contributed by atoms with Crippen molar-refractivity contribution in [2.45, 2.75) is 18.6 Å². The molecule has 1 fully saturated rings. The normalized spacial score (nSPS) is 17.8. The smallest absolute Gasteiger partial charge is 0.408 e. The summed E-state index contributed by atoms with van der Waals surface area (Å²) in [4.78, 5) is 31.4. The molecule has 0 spiro atoms. The quantitative estimate of drug-likeness (QED) is 0.562. The Morgan fingerprint density at radius 2 is 2.09 bits per heavy atom. The van der Waals surface area contributed by atoms with Crippen LogP contribution < -0.4 is 10.3 Å². The van der Waals surface area contributed by atoms with Gasteiger partial charge in [0.1, 0.15) is 5.82 Å². The summed E-state index contributed by atoms with van der Waals surface area (Å²) in [7, 11) is 2.80. The van der Waals surface area contributed by atoms with E-state index in [2.05, 4.69) is 20.9 Å². The number of carboxylic acid groups (broad SMARTS) is 1. The van der Waals surface area contributed by atoms with Crippen molar-refractivity contribution in [3.05, 3.63) is 62.4 Å². The van der Waals surface area contributed by atoms with E-state index in [1.54, 1.807) is 0 Å². The average molecular weight is 517 g/mol. The van der Waals surface area contributed by atoms with Crippen LogP contribution in [0.4, 0.5) is 9.18 Å². The number of likely N-dealkylation sites (tertiary alicyclic amines) is 1. The first-order valence-electron chi connectivity index (χ1n) is 9.81. The van der Waals surface area contributed by atoms with Gasteiger partial charge >= 0.3 is 6.09 Å². The number of amides is 1. The van der Waals surface area contributed by atoms with Crippen molar-refractivity contribution >= 4 is 32.9 Å². The highest BCUT2D eigenvalue weighted by Gasteiger charge is 2.39. The van der Waals surface area contributed by atoms with E-state index in [-0.39, 0.29) is 46.7 Å². The molecule has 2 atom stereocenters. The molecular weight excluding hydrogens is 499 g/mol. The summed E-state index contributed by atoms with van der Waals surface area (Å²) in [5, 5.41) is 19.2. The fourth-order valence-electron chi connectivity index (χ4n) is 4.02. The molecule has 1 amide bonds. The van der Waals surface area contributed by atoms with Crippen LogP contribution in [0.1, 0.15) is 23.9 Å². The molecule has 0 saturated carbocycles. The summed E-state index contributed by atoms with van der Waals surface area (Å²) in [6.45, 7) is 0.0932. The Bertz CT molecular complexity index is 1370. The highest BCUT2D eigenvalue weighted by molar-refractivity contribution is 9.10. The zero-order chi connectivity index (χ0) is 23.9. The minimum absolute atomic E-state index is 0.0101. The highest BCUT2D eigenvalue weighted by Crippen LogP contribution is 2.35. The fourth-order valence-corrected chi connectivity index (χ4v) is 4.57. The number of aromatic nitrogens is 2. The molecule has 2 heterocycles. The molecule has 1 aliphatic rings. The monoisotopic (exact) mass is 516 g/mol. The molecule has 3 aromatic rings. The van der Waals surface area contributed by atoms with Gasteiger partial charge in [-0.15, -0.1) is 0 Å². The molecule has 1 unspecified atom stereocenters. The van der Waals surface area contributed by atoms with Crippen molar-refractivity contribution < 1.29 is 23.8 Å². The van der Waals surface area contributed by atoms with Gasteiger partial charge in [-0.2, -0.15) is 5.26 Å². The minimum Gasteiger partial charge on any atom is -0.494 e. The van der Waals surface area contributed by atoms with Gasteiger partial charge in [-0.3, -0.25) is 14.3 Å². The number of fused-ring (bicyclic) bond motifs is 1. The molecule has 11 heteroatoms. The third-order valence-corrected chi connectivity index (χ3v) is 6.22. The summed E-state index contributed by atoms with van der Waals surface area (Å²) in [6, 6.07) is 8.07. The number of halogens is 2. The maximum atomic E-state index is 14.6. The van der Waals surface area contributed by atoms with E-state index in [4.69, 9.17) is 9.47 Å². The molecule has 1 saturated heterocycles. The number of nitriles is 1. The first-order valence-corrected chi connectivity index (χ1v) is 10.6. The van der Waals surface area contributed by atoms with Gasteiger partial charge in [0.2, 0.25) is 0 Å². The molecule has 0 radical (unpaired) electrons. The molecule has 0 bridgehead atoms. The van der Waals surface area contributed by atoms with Gasteiger partial charge in [0.15, 0.2) is 11.6 Å². The number of benzene rings is 2. The van der Waals surface area contributed by atoms with E-state index in [1.165, 1.54) is 43.1 Å². The van der Waals surface area contributed by atoms with Gasteiger partial charge in [-0.05, 0) is 40.2 Å². The van der Waals surface area contributed by atoms with E-state index >= 15 is 0 Å². The van der Waals surface area contributed by atoms with Crippen molar-refractivity contribution in [3.63, 3.8) is 0 Å². The first-order chi connectivity index (χ1) is 15.8. The SMILES string of the molecule is COc1ccc(-n2c(C3C[C@@H](OC)CN3C(=O)O)nc3c(Br)cc(C#N)cc3c2=O)cc1F. The number of nitrogens with zero attached hydrogens (tertiary/aromatic N) is 4. The molecule has 1 N–H and O–H groups in total. The molecule has 9 nitrogen and oxygen atoms in total. The summed E-state index contributed by atoms with van der Waals surface area (Å²) in [5.41, 5.74) is 0.0855. The maximum absolute atomic E-state index is 14.6. The predicted octanol–water partition coefficient (Wildman–Crippen LogP) is 3.61. The van der Waals surface area contributed by atoms with Gasteiger partial charge in [-0.25, -0.2) is 14.2 Å². The summed E-state index contributed by atoms with van der Waals surface area (Å²) < 4.78 is 26.5. The second kappa shape index (κ2) is 8.80. The molecule has 1 aromatic heterocycles. The number of hydrogen-bond donors (Lipinski definition) is 1. The number of ether oxygens (including phenoxy) is 2. The Hall–Kier alpha value is -3.49. The lowest BCUT2D eigenvalue weighted by Crippen LogP contribution is -2.34. The summed E-state index contributed by atoms with van der Waals surface area (Å²) >= 11 is 3.35. The van der Waals surface area contributed by atoms with Crippen LogP contribution in [0.15, 0.2) is 39.6 Å². The number of carbonyl (C=O) groups is 1. The van der Waals surface area contributed by atoms with Crippen LogP contribution in [0.2, 0.25) is 0 Å². The van der Waals surface area contributed by atoms with Gasteiger partial charge < -0.3 is 14.6 Å². The van der Waals surface area contributed by atoms with Gasteiger partial charge in [-0.1, -0.05) is 0 Å². The third-order valence-electron chi connectivity index (χ3n) is 5.61. The maximum Gasteiger partial charge on any atom is 0.408 e. The van der Waals surface area contributed by atoms with Crippen LogP contribution in [0.25, 0.3) is 16.6 Å². The van der Waals surface area contributed by atoms with Crippen molar-refractivity contribution in [1.29, 1.82) is 5.26 Å². The zero-order valence-corrected chi connectivity index (χ0v) is 19.2. The van der Waals surface area contributed by atoms with Gasteiger partial charge in [0, 0.05) is 24.1 Å². The minimum atomic E-state index is -1.19. The molecule has 4 rings (SSSR count). The highest BCUT2D eigenvalue weighted by atomic mass is 79.9. The molecule has 0 aliphatic carbocycles.